The molecule has 0 saturated heterocycles. The number of amides is 2. The molecular weight excluding hydrogens is 470 g/mol. The maximum absolute atomic E-state index is 13.8. The number of carbonyl (C=O) groups is 3. The Morgan fingerprint density at radius 3 is 2.16 bits per heavy atom. The van der Waals surface area contributed by atoms with Gasteiger partial charge in [0.15, 0.2) is 0 Å². The average Bonchev–Trinajstić information content (AvgIpc) is 3.24. The molecule has 0 aliphatic carbocycles. The average molecular weight is 514 g/mol. The van der Waals surface area contributed by atoms with Gasteiger partial charge in [-0.1, -0.05) is 72.7 Å². The van der Waals surface area contributed by atoms with Crippen LogP contribution in [0.3, 0.4) is 0 Å². The van der Waals surface area contributed by atoms with Gasteiger partial charge in [0.2, 0.25) is 11.8 Å². The van der Waals surface area contributed by atoms with E-state index in [4.69, 9.17) is 4.42 Å². The number of benzene rings is 1. The summed E-state index contributed by atoms with van der Waals surface area (Å²) in [6.45, 7) is 15.0. The van der Waals surface area contributed by atoms with Gasteiger partial charge in [-0.05, 0) is 31.4 Å². The molecule has 2 aromatic rings. The fraction of sp³-hybridized carbons (Fsp3) is 0.552. The van der Waals surface area contributed by atoms with Gasteiger partial charge in [0, 0.05) is 29.0 Å². The van der Waals surface area contributed by atoms with Gasteiger partial charge >= 0.3 is 5.97 Å². The molecule has 3 atom stereocenters. The minimum atomic E-state index is -1.03. The Hall–Kier alpha value is -3.13. The molecule has 2 amide bonds. The lowest BCUT2D eigenvalue weighted by Gasteiger charge is -2.39. The molecule has 1 aromatic carbocycles. The minimum absolute atomic E-state index is 0.0297. The number of aliphatic carboxylic acids is 1. The molecular formula is C29H43N3O5. The maximum Gasteiger partial charge on any atom is 0.331 e. The Balaban J connectivity index is 2.40. The van der Waals surface area contributed by atoms with Crippen LogP contribution in [0, 0.1) is 11.3 Å². The van der Waals surface area contributed by atoms with E-state index in [-0.39, 0.29) is 23.3 Å². The van der Waals surface area contributed by atoms with Crippen molar-refractivity contribution < 1.29 is 23.9 Å². The number of likely N-dealkylation sites (N-methyl/N-ethyl adjacent to an activating group) is 2. The van der Waals surface area contributed by atoms with E-state index >= 15 is 0 Å². The highest BCUT2D eigenvalue weighted by atomic mass is 16.4. The van der Waals surface area contributed by atoms with Crippen LogP contribution >= 0.6 is 0 Å². The van der Waals surface area contributed by atoms with Crippen molar-refractivity contribution in [1.29, 1.82) is 0 Å². The van der Waals surface area contributed by atoms with E-state index < -0.39 is 34.9 Å². The molecule has 0 aliphatic heterocycles. The number of hydrogen-bond acceptors (Lipinski definition) is 5. The molecule has 37 heavy (non-hydrogen) atoms. The van der Waals surface area contributed by atoms with Crippen molar-refractivity contribution in [3.05, 3.63) is 47.7 Å². The SMILES string of the molecule is CN[C@H](C(=O)N[C@H](C(=O)N(C)[C@H](/C=C(\C)C(=O)O)C(C)C)C(C)(C)C)C(C)(C)c1coc2ccccc12. The van der Waals surface area contributed by atoms with Crippen molar-refractivity contribution in [3.63, 3.8) is 0 Å². The molecule has 0 unspecified atom stereocenters. The van der Waals surface area contributed by atoms with Gasteiger partial charge in [0.05, 0.1) is 18.3 Å². The molecule has 0 bridgehead atoms. The monoisotopic (exact) mass is 513 g/mol. The van der Waals surface area contributed by atoms with Crippen LogP contribution in [-0.2, 0) is 19.8 Å². The Kier molecular flexibility index (Phi) is 9.36. The maximum atomic E-state index is 13.8. The number of fused-ring (bicyclic) bond motifs is 1. The molecule has 3 N–H and O–H groups in total. The topological polar surface area (TPSA) is 112 Å². The van der Waals surface area contributed by atoms with Crippen LogP contribution < -0.4 is 10.6 Å². The second-order valence-corrected chi connectivity index (χ2v) is 11.7. The highest BCUT2D eigenvalue weighted by molar-refractivity contribution is 5.92. The van der Waals surface area contributed by atoms with E-state index in [0.29, 0.717) is 0 Å². The molecule has 1 heterocycles. The zero-order chi connectivity index (χ0) is 28.3. The Morgan fingerprint density at radius 1 is 1.05 bits per heavy atom. The zero-order valence-electron chi connectivity index (χ0n) is 23.8. The predicted octanol–water partition coefficient (Wildman–Crippen LogP) is 4.34. The Bertz CT molecular complexity index is 1160. The van der Waals surface area contributed by atoms with Gasteiger partial charge in [0.25, 0.3) is 0 Å². The van der Waals surface area contributed by atoms with Crippen molar-refractivity contribution in [2.24, 2.45) is 11.3 Å². The van der Waals surface area contributed by atoms with Crippen LogP contribution in [0.15, 0.2) is 46.6 Å². The first-order valence-electron chi connectivity index (χ1n) is 12.7. The molecule has 204 valence electrons. The van der Waals surface area contributed by atoms with Gasteiger partial charge in [-0.25, -0.2) is 4.79 Å². The summed E-state index contributed by atoms with van der Waals surface area (Å²) in [5.74, 6) is -1.65. The summed E-state index contributed by atoms with van der Waals surface area (Å²) in [6, 6.07) is 5.75. The second kappa shape index (κ2) is 11.5. The molecule has 2 rings (SSSR count). The summed E-state index contributed by atoms with van der Waals surface area (Å²) in [6.07, 6.45) is 3.28. The lowest BCUT2D eigenvalue weighted by molar-refractivity contribution is -0.141. The molecule has 0 aliphatic rings. The Morgan fingerprint density at radius 2 is 1.65 bits per heavy atom. The highest BCUT2D eigenvalue weighted by Crippen LogP contribution is 2.35. The largest absolute Gasteiger partial charge is 0.478 e. The number of rotatable bonds is 10. The van der Waals surface area contributed by atoms with Crippen LogP contribution in [0.25, 0.3) is 11.0 Å². The third-order valence-corrected chi connectivity index (χ3v) is 7.08. The third kappa shape index (κ3) is 6.60. The molecule has 0 saturated carbocycles. The summed E-state index contributed by atoms with van der Waals surface area (Å²) in [5, 5.41) is 16.5. The molecule has 0 fully saturated rings. The second-order valence-electron chi connectivity index (χ2n) is 11.7. The summed E-state index contributed by atoms with van der Waals surface area (Å²) in [7, 11) is 3.38. The predicted molar refractivity (Wildman–Crippen MR) is 146 cm³/mol. The number of carbonyl (C=O) groups excluding carboxylic acids is 2. The number of nitrogens with zero attached hydrogens (tertiary/aromatic N) is 1. The summed E-state index contributed by atoms with van der Waals surface area (Å²) in [4.78, 5) is 40.5. The standard InChI is InChI=1S/C29H43N3O5/c1-17(2)21(15-18(3)27(35)36)32(10)26(34)24(28(4,5)6)31-25(33)23(30-9)29(7,8)20-16-37-22-14-12-11-13-19(20)22/h11-17,21,23-24,30H,1-10H3,(H,31,33)(H,35,36)/b18-15+/t21-,23-,24-/m1/s1. The smallest absolute Gasteiger partial charge is 0.331 e. The number of para-hydroxylation sites is 1. The van der Waals surface area contributed by atoms with Gasteiger partial charge in [-0.2, -0.15) is 0 Å². The fourth-order valence-corrected chi connectivity index (χ4v) is 4.76. The summed E-state index contributed by atoms with van der Waals surface area (Å²) >= 11 is 0. The highest BCUT2D eigenvalue weighted by Gasteiger charge is 2.42. The van der Waals surface area contributed by atoms with Crippen molar-refractivity contribution in [1.82, 2.24) is 15.5 Å². The Labute approximate surface area is 220 Å². The van der Waals surface area contributed by atoms with Crippen molar-refractivity contribution in [2.75, 3.05) is 14.1 Å². The van der Waals surface area contributed by atoms with Gasteiger partial charge in [-0.15, -0.1) is 0 Å². The first-order valence-corrected chi connectivity index (χ1v) is 12.7. The van der Waals surface area contributed by atoms with Crippen molar-refractivity contribution in [2.45, 2.75) is 78.9 Å². The van der Waals surface area contributed by atoms with Crippen molar-refractivity contribution in [3.8, 4) is 0 Å². The quantitative estimate of drug-likeness (QED) is 0.408. The van der Waals surface area contributed by atoms with Crippen molar-refractivity contribution >= 4 is 28.8 Å². The normalized spacial score (nSPS) is 15.4. The first kappa shape index (κ1) is 30.1. The summed E-state index contributed by atoms with van der Waals surface area (Å²) in [5.41, 5.74) is 0.542. The van der Waals surface area contributed by atoms with E-state index in [1.165, 1.54) is 11.8 Å². The number of hydrogen-bond donors (Lipinski definition) is 3. The van der Waals surface area contributed by atoms with Crippen LogP contribution in [0.1, 0.15) is 61.0 Å². The van der Waals surface area contributed by atoms with Gasteiger partial charge in [-0.3, -0.25) is 9.59 Å². The molecule has 8 heteroatoms. The lowest BCUT2D eigenvalue weighted by atomic mass is 9.76. The minimum Gasteiger partial charge on any atom is -0.478 e. The number of furan rings is 1. The van der Waals surface area contributed by atoms with Crippen LogP contribution in [0.4, 0.5) is 0 Å². The van der Waals surface area contributed by atoms with Crippen LogP contribution in [-0.4, -0.2) is 60.0 Å². The molecule has 1 aromatic heterocycles. The number of nitrogens with one attached hydrogen (secondary N) is 2. The lowest BCUT2D eigenvalue weighted by Crippen LogP contribution is -2.61. The third-order valence-electron chi connectivity index (χ3n) is 7.08. The fourth-order valence-electron chi connectivity index (χ4n) is 4.76. The molecule has 0 radical (unpaired) electrons. The van der Waals surface area contributed by atoms with E-state index in [1.807, 2.05) is 72.7 Å². The van der Waals surface area contributed by atoms with Gasteiger partial charge < -0.3 is 25.1 Å². The molecule has 0 spiro atoms. The summed E-state index contributed by atoms with van der Waals surface area (Å²) < 4.78 is 5.74. The van der Waals surface area contributed by atoms with E-state index in [2.05, 4.69) is 10.6 Å². The number of carboxylic acids is 1. The van der Waals surface area contributed by atoms with Crippen LogP contribution in [0.2, 0.25) is 0 Å². The van der Waals surface area contributed by atoms with E-state index in [9.17, 15) is 19.5 Å². The van der Waals surface area contributed by atoms with E-state index in [0.717, 1.165) is 16.5 Å². The van der Waals surface area contributed by atoms with E-state index in [1.54, 1.807) is 26.4 Å². The van der Waals surface area contributed by atoms with Crippen LogP contribution in [0.5, 0.6) is 0 Å². The van der Waals surface area contributed by atoms with Gasteiger partial charge in [0.1, 0.15) is 11.6 Å². The first-order chi connectivity index (χ1) is 17.0. The zero-order valence-corrected chi connectivity index (χ0v) is 23.8. The molecule has 8 nitrogen and oxygen atoms in total. The number of carboxylic acid groups (broad SMARTS) is 1.